The fourth-order valence-corrected chi connectivity index (χ4v) is 3.95. The second kappa shape index (κ2) is 3.81. The smallest absolute Gasteiger partial charge is 0.0260 e. The Bertz CT molecular complexity index is 890. The van der Waals surface area contributed by atoms with Gasteiger partial charge in [-0.3, -0.25) is 0 Å². The van der Waals surface area contributed by atoms with E-state index in [1.165, 1.54) is 40.4 Å². The highest BCUT2D eigenvalue weighted by atomic mass is 127. The molecule has 0 saturated heterocycles. The third-order valence-electron chi connectivity index (χ3n) is 3.54. The molecule has 86 valence electrons. The van der Waals surface area contributed by atoms with Crippen LogP contribution in [0.1, 0.15) is 0 Å². The largest absolute Gasteiger partial charge is 0.0610 e. The van der Waals surface area contributed by atoms with Gasteiger partial charge in [0.05, 0.1) is 0 Å². The molecule has 0 aliphatic heterocycles. The molecular formula is C16H8BrI. The minimum Gasteiger partial charge on any atom is -0.0610 e. The van der Waals surface area contributed by atoms with Crippen molar-refractivity contribution in [1.29, 1.82) is 0 Å². The van der Waals surface area contributed by atoms with Crippen LogP contribution < -0.4 is 0 Å². The molecule has 0 aliphatic rings. The molecule has 4 rings (SSSR count). The summed E-state index contributed by atoms with van der Waals surface area (Å²) in [6.45, 7) is 0. The maximum Gasteiger partial charge on any atom is 0.0260 e. The van der Waals surface area contributed by atoms with E-state index in [1.807, 2.05) is 0 Å². The fraction of sp³-hybridized carbons (Fsp3) is 0. The zero-order valence-corrected chi connectivity index (χ0v) is 13.1. The minimum absolute atomic E-state index is 1.18. The van der Waals surface area contributed by atoms with Crippen LogP contribution >= 0.6 is 38.5 Å². The molecule has 0 N–H and O–H groups in total. The standard InChI is InChI=1S/C16H8BrI/c17-13-8-10-5-7-14(18)12-6-4-9-2-1-3-11(13)15(9)16(10)12/h1-8H. The molecule has 0 spiro atoms. The molecule has 0 aromatic heterocycles. The summed E-state index contributed by atoms with van der Waals surface area (Å²) in [6, 6.07) is 17.6. The first kappa shape index (κ1) is 11.0. The monoisotopic (exact) mass is 406 g/mol. The van der Waals surface area contributed by atoms with Crippen molar-refractivity contribution in [2.24, 2.45) is 0 Å². The van der Waals surface area contributed by atoms with Gasteiger partial charge in [-0.15, -0.1) is 0 Å². The molecule has 2 heteroatoms. The molecule has 0 fully saturated rings. The first-order valence-corrected chi connectivity index (χ1v) is 7.64. The van der Waals surface area contributed by atoms with Crippen LogP contribution in [0.2, 0.25) is 0 Å². The SMILES string of the molecule is Brc1cc2ccc(I)c3ccc4cccc1c4c23. The number of benzene rings is 4. The topological polar surface area (TPSA) is 0 Å². The number of hydrogen-bond donors (Lipinski definition) is 0. The summed E-state index contributed by atoms with van der Waals surface area (Å²) in [7, 11) is 0. The van der Waals surface area contributed by atoms with E-state index in [0.717, 1.165) is 0 Å². The van der Waals surface area contributed by atoms with Gasteiger partial charge >= 0.3 is 0 Å². The van der Waals surface area contributed by atoms with Gasteiger partial charge in [-0.05, 0) is 67.0 Å². The molecule has 0 saturated carbocycles. The molecule has 0 nitrogen and oxygen atoms in total. The third-order valence-corrected chi connectivity index (χ3v) is 5.14. The first-order valence-electron chi connectivity index (χ1n) is 5.77. The van der Waals surface area contributed by atoms with Crippen molar-refractivity contribution in [2.75, 3.05) is 0 Å². The first-order chi connectivity index (χ1) is 8.75. The fourth-order valence-electron chi connectivity index (χ4n) is 2.75. The zero-order chi connectivity index (χ0) is 12.3. The van der Waals surface area contributed by atoms with Crippen molar-refractivity contribution < 1.29 is 0 Å². The Hall–Kier alpha value is -0.870. The van der Waals surface area contributed by atoms with Crippen LogP contribution in [0.25, 0.3) is 32.3 Å². The van der Waals surface area contributed by atoms with Crippen molar-refractivity contribution in [1.82, 2.24) is 0 Å². The minimum atomic E-state index is 1.18. The Kier molecular flexibility index (Phi) is 2.33. The van der Waals surface area contributed by atoms with Crippen LogP contribution in [0.5, 0.6) is 0 Å². The zero-order valence-electron chi connectivity index (χ0n) is 9.37. The quantitative estimate of drug-likeness (QED) is 0.250. The van der Waals surface area contributed by atoms with Gasteiger partial charge < -0.3 is 0 Å². The van der Waals surface area contributed by atoms with Crippen molar-refractivity contribution in [2.45, 2.75) is 0 Å². The van der Waals surface area contributed by atoms with Crippen LogP contribution in [0.15, 0.2) is 53.0 Å². The average Bonchev–Trinajstić information content (AvgIpc) is 2.40. The van der Waals surface area contributed by atoms with E-state index < -0.39 is 0 Å². The maximum atomic E-state index is 3.69. The van der Waals surface area contributed by atoms with E-state index in [4.69, 9.17) is 0 Å². The van der Waals surface area contributed by atoms with Crippen LogP contribution in [0.3, 0.4) is 0 Å². The van der Waals surface area contributed by atoms with Crippen molar-refractivity contribution >= 4 is 70.8 Å². The highest BCUT2D eigenvalue weighted by molar-refractivity contribution is 14.1. The highest BCUT2D eigenvalue weighted by Gasteiger charge is 2.11. The molecule has 0 aliphatic carbocycles. The summed E-state index contributed by atoms with van der Waals surface area (Å²) >= 11 is 6.11. The van der Waals surface area contributed by atoms with Gasteiger partial charge in [0, 0.05) is 8.04 Å². The lowest BCUT2D eigenvalue weighted by molar-refractivity contribution is 1.72. The predicted octanol–water partition coefficient (Wildman–Crippen LogP) is 5.95. The van der Waals surface area contributed by atoms with Crippen LogP contribution in [-0.2, 0) is 0 Å². The van der Waals surface area contributed by atoms with Crippen LogP contribution in [0, 0.1) is 3.57 Å². The molecule has 0 amide bonds. The Labute approximate surface area is 127 Å². The molecular weight excluding hydrogens is 399 g/mol. The normalized spacial score (nSPS) is 11.9. The van der Waals surface area contributed by atoms with Crippen LogP contribution in [0.4, 0.5) is 0 Å². The molecule has 0 unspecified atom stereocenters. The molecule has 0 bridgehead atoms. The molecule has 4 aromatic carbocycles. The van der Waals surface area contributed by atoms with Crippen molar-refractivity contribution in [3.63, 3.8) is 0 Å². The molecule has 0 atom stereocenters. The van der Waals surface area contributed by atoms with Gasteiger partial charge in [0.25, 0.3) is 0 Å². The molecule has 18 heavy (non-hydrogen) atoms. The van der Waals surface area contributed by atoms with E-state index >= 15 is 0 Å². The van der Waals surface area contributed by atoms with E-state index in [0.29, 0.717) is 0 Å². The lowest BCUT2D eigenvalue weighted by Gasteiger charge is -2.12. The van der Waals surface area contributed by atoms with Gasteiger partial charge in [0.2, 0.25) is 0 Å². The van der Waals surface area contributed by atoms with Gasteiger partial charge in [0.15, 0.2) is 0 Å². The van der Waals surface area contributed by atoms with Crippen molar-refractivity contribution in [3.8, 4) is 0 Å². The van der Waals surface area contributed by atoms with E-state index in [-0.39, 0.29) is 0 Å². The number of halogens is 2. The van der Waals surface area contributed by atoms with E-state index in [2.05, 4.69) is 87.1 Å². The van der Waals surface area contributed by atoms with Gasteiger partial charge in [-0.25, -0.2) is 0 Å². The number of hydrogen-bond acceptors (Lipinski definition) is 0. The second-order valence-corrected chi connectivity index (χ2v) is 6.54. The summed E-state index contributed by atoms with van der Waals surface area (Å²) in [5.74, 6) is 0. The summed E-state index contributed by atoms with van der Waals surface area (Å²) < 4.78 is 2.49. The second-order valence-electron chi connectivity index (χ2n) is 4.52. The van der Waals surface area contributed by atoms with E-state index in [9.17, 15) is 0 Å². The lowest BCUT2D eigenvalue weighted by Crippen LogP contribution is -1.86. The Morgan fingerprint density at radius 1 is 0.778 bits per heavy atom. The lowest BCUT2D eigenvalue weighted by atomic mass is 9.94. The summed E-state index contributed by atoms with van der Waals surface area (Å²) in [6.07, 6.45) is 0. The van der Waals surface area contributed by atoms with Gasteiger partial charge in [-0.1, -0.05) is 52.3 Å². The predicted molar refractivity (Wildman–Crippen MR) is 90.6 cm³/mol. The van der Waals surface area contributed by atoms with E-state index in [1.54, 1.807) is 0 Å². The Morgan fingerprint density at radius 3 is 2.44 bits per heavy atom. The average molecular weight is 407 g/mol. The third kappa shape index (κ3) is 1.36. The molecule has 4 aromatic rings. The summed E-state index contributed by atoms with van der Waals surface area (Å²) in [4.78, 5) is 0. The van der Waals surface area contributed by atoms with Gasteiger partial charge in [0.1, 0.15) is 0 Å². The maximum absolute atomic E-state index is 3.69. The van der Waals surface area contributed by atoms with Crippen LogP contribution in [-0.4, -0.2) is 0 Å². The highest BCUT2D eigenvalue weighted by Crippen LogP contribution is 2.39. The Morgan fingerprint density at radius 2 is 1.56 bits per heavy atom. The molecule has 0 radical (unpaired) electrons. The summed E-state index contributed by atoms with van der Waals surface area (Å²) in [5, 5.41) is 8.03. The van der Waals surface area contributed by atoms with Gasteiger partial charge in [-0.2, -0.15) is 0 Å². The molecule has 0 heterocycles. The van der Waals surface area contributed by atoms with Crippen molar-refractivity contribution in [3.05, 3.63) is 56.6 Å². The Balaban J connectivity index is 2.49. The number of rotatable bonds is 0. The summed E-state index contributed by atoms with van der Waals surface area (Å²) in [5.41, 5.74) is 0.